The molecule has 2 heterocycles. The van der Waals surface area contributed by atoms with Gasteiger partial charge < -0.3 is 15.5 Å². The number of unbranched alkanes of at least 4 members (excludes halogenated alkanes) is 2. The molecule has 1 unspecified atom stereocenters. The van der Waals surface area contributed by atoms with E-state index in [1.54, 1.807) is 0 Å². The second-order valence-electron chi connectivity index (χ2n) is 10.6. The molecule has 1 saturated carbocycles. The first kappa shape index (κ1) is 25.3. The summed E-state index contributed by atoms with van der Waals surface area (Å²) in [5, 5.41) is 8.04. The first-order valence-electron chi connectivity index (χ1n) is 13.7. The van der Waals surface area contributed by atoms with Gasteiger partial charge in [0.15, 0.2) is 0 Å². The van der Waals surface area contributed by atoms with Crippen LogP contribution in [0.25, 0.3) is 0 Å². The smallest absolute Gasteiger partial charge is 0.228 e. The maximum absolute atomic E-state index is 14.1. The van der Waals surface area contributed by atoms with E-state index in [1.807, 2.05) is 0 Å². The Balaban J connectivity index is 1.35. The Morgan fingerprint density at radius 2 is 1.72 bits per heavy atom. The largest absolute Gasteiger partial charge is 0.378 e. The molecule has 1 saturated heterocycles. The van der Waals surface area contributed by atoms with E-state index in [1.165, 1.54) is 11.1 Å². The molecule has 2 aliphatic heterocycles. The summed E-state index contributed by atoms with van der Waals surface area (Å²) in [6, 6.07) is 19.3. The highest BCUT2D eigenvalue weighted by molar-refractivity contribution is 9.09. The minimum absolute atomic E-state index is 0.0455. The first-order valence-corrected chi connectivity index (χ1v) is 14.9. The van der Waals surface area contributed by atoms with Crippen LogP contribution in [0, 0.1) is 11.8 Å². The van der Waals surface area contributed by atoms with Gasteiger partial charge in [-0.1, -0.05) is 83.7 Å². The lowest BCUT2D eigenvalue weighted by Gasteiger charge is -2.42. The fourth-order valence-electron chi connectivity index (χ4n) is 6.61. The zero-order valence-corrected chi connectivity index (χ0v) is 22.6. The fourth-order valence-corrected chi connectivity index (χ4v) is 7.01. The Labute approximate surface area is 223 Å². The van der Waals surface area contributed by atoms with Crippen molar-refractivity contribution in [2.45, 2.75) is 75.9 Å². The van der Waals surface area contributed by atoms with Gasteiger partial charge in [0, 0.05) is 35.9 Å². The number of hydrogen-bond donors (Lipinski definition) is 2. The number of alkyl halides is 1. The van der Waals surface area contributed by atoms with Crippen molar-refractivity contribution >= 4 is 33.4 Å². The number of carbonyl (C=O) groups excluding carboxylic acids is 2. The molecule has 0 aromatic heterocycles. The number of nitrogens with one attached hydrogen (secondary N) is 2. The molecule has 2 aromatic rings. The summed E-state index contributed by atoms with van der Waals surface area (Å²) >= 11 is 3.46. The van der Waals surface area contributed by atoms with Crippen molar-refractivity contribution in [3.63, 3.8) is 0 Å². The van der Waals surface area contributed by atoms with Crippen LogP contribution >= 0.6 is 15.9 Å². The molecule has 2 aromatic carbocycles. The van der Waals surface area contributed by atoms with Crippen LogP contribution < -0.4 is 10.6 Å². The Kier molecular flexibility index (Phi) is 8.30. The molecule has 2 fully saturated rings. The number of amides is 2. The predicted octanol–water partition coefficient (Wildman–Crippen LogP) is 6.37. The molecule has 0 bridgehead atoms. The molecule has 5 nitrogen and oxygen atoms in total. The van der Waals surface area contributed by atoms with Crippen molar-refractivity contribution in [2.24, 2.45) is 11.8 Å². The van der Waals surface area contributed by atoms with Gasteiger partial charge in [-0.25, -0.2) is 0 Å². The minimum atomic E-state index is -0.124. The molecule has 1 aliphatic carbocycles. The normalized spacial score (nSPS) is 27.0. The number of likely N-dealkylation sites (tertiary alicyclic amines) is 1. The lowest BCUT2D eigenvalue weighted by Crippen LogP contribution is -2.50. The van der Waals surface area contributed by atoms with Crippen LogP contribution in [0.3, 0.4) is 0 Å². The Bertz CT molecular complexity index is 1050. The molecule has 2 amide bonds. The number of halogens is 1. The Morgan fingerprint density at radius 1 is 0.944 bits per heavy atom. The first-order chi connectivity index (χ1) is 17.7. The monoisotopic (exact) mass is 551 g/mol. The number of rotatable bonds is 8. The summed E-state index contributed by atoms with van der Waals surface area (Å²) in [6.07, 6.45) is 8.48. The molecular weight excluding hydrogens is 514 g/mol. The van der Waals surface area contributed by atoms with Crippen molar-refractivity contribution in [3.05, 3.63) is 65.7 Å². The second-order valence-corrected chi connectivity index (χ2v) is 11.4. The van der Waals surface area contributed by atoms with Gasteiger partial charge in [0.05, 0.1) is 18.0 Å². The fraction of sp³-hybridized carbons (Fsp3) is 0.533. The van der Waals surface area contributed by atoms with Crippen LogP contribution in [-0.2, 0) is 9.59 Å². The highest BCUT2D eigenvalue weighted by atomic mass is 79.9. The molecule has 2 N–H and O–H groups in total. The topological polar surface area (TPSA) is 61.4 Å². The van der Waals surface area contributed by atoms with Crippen LogP contribution in [0.2, 0.25) is 0 Å². The van der Waals surface area contributed by atoms with Crippen molar-refractivity contribution in [1.82, 2.24) is 10.2 Å². The number of benzene rings is 2. The SMILES string of the molecule is O=C(CCCCCBr)NC1CCCC[C@@H]1C(=O)N1CC[C@@H]2[C@H](c3ccccc3)Nc3ccccc3[C@@H]21. The van der Waals surface area contributed by atoms with Crippen LogP contribution in [0.5, 0.6) is 0 Å². The van der Waals surface area contributed by atoms with Crippen LogP contribution in [0.1, 0.15) is 81.0 Å². The number of carbonyl (C=O) groups is 2. The summed E-state index contributed by atoms with van der Waals surface area (Å²) in [5.74, 6) is 0.541. The lowest BCUT2D eigenvalue weighted by molar-refractivity contribution is -0.139. The molecule has 192 valence electrons. The minimum Gasteiger partial charge on any atom is -0.378 e. The average molecular weight is 553 g/mol. The van der Waals surface area contributed by atoms with Crippen molar-refractivity contribution in [1.29, 1.82) is 0 Å². The maximum Gasteiger partial charge on any atom is 0.228 e. The van der Waals surface area contributed by atoms with E-state index < -0.39 is 0 Å². The van der Waals surface area contributed by atoms with Gasteiger partial charge in [0.2, 0.25) is 11.8 Å². The third-order valence-electron chi connectivity index (χ3n) is 8.37. The summed E-state index contributed by atoms with van der Waals surface area (Å²) in [7, 11) is 0. The zero-order chi connectivity index (χ0) is 24.9. The molecule has 0 spiro atoms. The van der Waals surface area contributed by atoms with Crippen molar-refractivity contribution < 1.29 is 9.59 Å². The van der Waals surface area contributed by atoms with Crippen LogP contribution in [0.15, 0.2) is 54.6 Å². The number of nitrogens with zero attached hydrogens (tertiary/aromatic N) is 1. The molecule has 5 rings (SSSR count). The van der Waals surface area contributed by atoms with E-state index in [4.69, 9.17) is 0 Å². The second kappa shape index (κ2) is 11.8. The zero-order valence-electron chi connectivity index (χ0n) is 21.0. The Hall–Kier alpha value is -2.34. The highest BCUT2D eigenvalue weighted by Gasteiger charge is 2.48. The summed E-state index contributed by atoms with van der Waals surface area (Å²) < 4.78 is 0. The van der Waals surface area contributed by atoms with E-state index in [9.17, 15) is 9.59 Å². The standard InChI is InChI=1S/C30H38BrN3O2/c31-19-10-2-5-17-27(35)32-26-16-9-7-14-23(26)30(36)34-20-18-24-28(21-11-3-1-4-12-21)33-25-15-8-6-13-22(25)29(24)34/h1,3-4,6,8,11-13,15,23-24,26,28-29,33H,2,5,7,9-10,14,16-20H2,(H,32,35)/t23-,24+,26?,28-,29-/m0/s1. The van der Waals surface area contributed by atoms with Crippen molar-refractivity contribution in [2.75, 3.05) is 17.2 Å². The molecule has 0 radical (unpaired) electrons. The molecule has 6 heteroatoms. The van der Waals surface area contributed by atoms with Crippen LogP contribution in [0.4, 0.5) is 5.69 Å². The quantitative estimate of drug-likeness (QED) is 0.296. The molecule has 36 heavy (non-hydrogen) atoms. The van der Waals surface area contributed by atoms with E-state index >= 15 is 0 Å². The number of hydrogen-bond acceptors (Lipinski definition) is 3. The van der Waals surface area contributed by atoms with Gasteiger partial charge in [0.1, 0.15) is 0 Å². The Morgan fingerprint density at radius 3 is 2.56 bits per heavy atom. The third kappa shape index (κ3) is 5.34. The summed E-state index contributed by atoms with van der Waals surface area (Å²) in [5.41, 5.74) is 3.63. The number of para-hydroxylation sites is 1. The van der Waals surface area contributed by atoms with Gasteiger partial charge in [-0.3, -0.25) is 9.59 Å². The predicted molar refractivity (Wildman–Crippen MR) is 148 cm³/mol. The van der Waals surface area contributed by atoms with Gasteiger partial charge in [0.25, 0.3) is 0 Å². The van der Waals surface area contributed by atoms with E-state index in [0.717, 1.165) is 68.9 Å². The number of anilines is 1. The molecule has 3 aliphatic rings. The van der Waals surface area contributed by atoms with Gasteiger partial charge in [-0.2, -0.15) is 0 Å². The van der Waals surface area contributed by atoms with Gasteiger partial charge >= 0.3 is 0 Å². The van der Waals surface area contributed by atoms with Crippen LogP contribution in [-0.4, -0.2) is 34.6 Å². The van der Waals surface area contributed by atoms with Gasteiger partial charge in [-0.05, 0) is 49.3 Å². The third-order valence-corrected chi connectivity index (χ3v) is 8.93. The summed E-state index contributed by atoms with van der Waals surface area (Å²) in [4.78, 5) is 29.0. The van der Waals surface area contributed by atoms with E-state index in [0.29, 0.717) is 12.3 Å². The van der Waals surface area contributed by atoms with E-state index in [-0.39, 0.29) is 35.9 Å². The van der Waals surface area contributed by atoms with Crippen molar-refractivity contribution in [3.8, 4) is 0 Å². The molecular formula is C30H38BrN3O2. The average Bonchev–Trinajstić information content (AvgIpc) is 3.37. The lowest BCUT2D eigenvalue weighted by atomic mass is 9.79. The van der Waals surface area contributed by atoms with Gasteiger partial charge in [-0.15, -0.1) is 0 Å². The highest BCUT2D eigenvalue weighted by Crippen LogP contribution is 2.51. The summed E-state index contributed by atoms with van der Waals surface area (Å²) in [6.45, 7) is 0.775. The molecule has 5 atom stereocenters. The number of fused-ring (bicyclic) bond motifs is 3. The maximum atomic E-state index is 14.1. The van der Waals surface area contributed by atoms with E-state index in [2.05, 4.69) is 86.1 Å².